The molecule has 1 unspecified atom stereocenters. The summed E-state index contributed by atoms with van der Waals surface area (Å²) < 4.78 is 12.5. The summed E-state index contributed by atoms with van der Waals surface area (Å²) in [4.78, 5) is 12.5. The lowest BCUT2D eigenvalue weighted by molar-refractivity contribution is -0.134. The van der Waals surface area contributed by atoms with Gasteiger partial charge in [0.2, 0.25) is 0 Å². The predicted molar refractivity (Wildman–Crippen MR) is 131 cm³/mol. The van der Waals surface area contributed by atoms with Gasteiger partial charge in [0.25, 0.3) is 0 Å². The third kappa shape index (κ3) is 3.83. The van der Waals surface area contributed by atoms with Crippen LogP contribution >= 0.6 is 0 Å². The van der Waals surface area contributed by atoms with E-state index >= 15 is 0 Å². The van der Waals surface area contributed by atoms with E-state index in [4.69, 9.17) is 9.47 Å². The number of hydrogen-bond donors (Lipinski definition) is 1. The molecule has 5 rings (SSSR count). The van der Waals surface area contributed by atoms with Crippen molar-refractivity contribution in [1.82, 2.24) is 5.01 Å². The highest BCUT2D eigenvalue weighted by atomic mass is 16.5. The molecular formula is C28H24N2O4. The zero-order chi connectivity index (χ0) is 23.7. The first-order valence-corrected chi connectivity index (χ1v) is 11.1. The molecule has 0 saturated carbocycles. The van der Waals surface area contributed by atoms with E-state index in [0.717, 1.165) is 16.7 Å². The number of nitrogens with zero attached hydrogens (tertiary/aromatic N) is 2. The van der Waals surface area contributed by atoms with E-state index in [1.54, 1.807) is 6.21 Å². The highest BCUT2D eigenvalue weighted by Crippen LogP contribution is 2.48. The minimum Gasteiger partial charge on any atom is -0.486 e. The summed E-state index contributed by atoms with van der Waals surface area (Å²) in [6.45, 7) is 4.26. The first kappa shape index (κ1) is 21.5. The molecular weight excluding hydrogens is 428 g/mol. The standard InChI is InChI=1S/C28H24N2O4/c1-18-16-29-30-25(19(18)2)24-22(14-9-15-23(24)34-21-12-7-4-8-13-21)27(26(30)28(31)32)33-17-20-10-5-3-6-11-20/h3-16,18H,17H2,1-2H3,(H,31,32). The number of ether oxygens (including phenoxy) is 2. The normalized spacial score (nSPS) is 16.8. The van der Waals surface area contributed by atoms with Crippen molar-refractivity contribution < 1.29 is 19.4 Å². The van der Waals surface area contributed by atoms with Crippen molar-refractivity contribution in [1.29, 1.82) is 0 Å². The second-order valence-corrected chi connectivity index (χ2v) is 8.25. The van der Waals surface area contributed by atoms with Crippen LogP contribution in [0, 0.1) is 5.92 Å². The summed E-state index contributed by atoms with van der Waals surface area (Å²) >= 11 is 0. The molecule has 2 aliphatic rings. The number of hydrazone groups is 1. The van der Waals surface area contributed by atoms with Crippen LogP contribution in [0.2, 0.25) is 0 Å². The van der Waals surface area contributed by atoms with E-state index in [0.29, 0.717) is 22.8 Å². The molecule has 3 aromatic carbocycles. The molecule has 2 heterocycles. The Morgan fingerprint density at radius 3 is 2.41 bits per heavy atom. The molecule has 2 aliphatic heterocycles. The molecule has 0 aromatic heterocycles. The number of allylic oxidation sites excluding steroid dienone is 1. The summed E-state index contributed by atoms with van der Waals surface area (Å²) in [7, 11) is 0. The maximum absolute atomic E-state index is 12.5. The molecule has 170 valence electrons. The molecule has 0 aliphatic carbocycles. The van der Waals surface area contributed by atoms with Crippen LogP contribution in [0.5, 0.6) is 11.5 Å². The predicted octanol–water partition coefficient (Wildman–Crippen LogP) is 6.13. The number of rotatable bonds is 6. The summed E-state index contributed by atoms with van der Waals surface area (Å²) in [5, 5.41) is 16.2. The lowest BCUT2D eigenvalue weighted by atomic mass is 9.89. The van der Waals surface area contributed by atoms with Crippen LogP contribution in [-0.2, 0) is 16.1 Å². The summed E-state index contributed by atoms with van der Waals surface area (Å²) in [5.74, 6) is 0.490. The van der Waals surface area contributed by atoms with Crippen molar-refractivity contribution in [3.8, 4) is 11.5 Å². The van der Waals surface area contributed by atoms with Crippen molar-refractivity contribution in [2.24, 2.45) is 11.0 Å². The molecule has 1 N–H and O–H groups in total. The Hall–Kier alpha value is -4.32. The van der Waals surface area contributed by atoms with E-state index < -0.39 is 5.97 Å². The third-order valence-corrected chi connectivity index (χ3v) is 6.01. The van der Waals surface area contributed by atoms with Crippen LogP contribution in [0.15, 0.2) is 95.2 Å². The summed E-state index contributed by atoms with van der Waals surface area (Å²) in [5.41, 5.74) is 4.06. The Morgan fingerprint density at radius 2 is 1.71 bits per heavy atom. The number of carbonyl (C=O) groups is 1. The number of carboxylic acids is 1. The molecule has 0 amide bonds. The molecule has 6 nitrogen and oxygen atoms in total. The van der Waals surface area contributed by atoms with Crippen LogP contribution in [-0.4, -0.2) is 22.3 Å². The van der Waals surface area contributed by atoms with E-state index in [9.17, 15) is 9.90 Å². The molecule has 0 spiro atoms. The largest absolute Gasteiger partial charge is 0.486 e. The molecule has 0 saturated heterocycles. The Kier molecular flexibility index (Phi) is 5.64. The number of fused-ring (bicyclic) bond motifs is 3. The van der Waals surface area contributed by atoms with Gasteiger partial charge in [0.15, 0.2) is 11.5 Å². The van der Waals surface area contributed by atoms with Gasteiger partial charge in [-0.3, -0.25) is 0 Å². The van der Waals surface area contributed by atoms with Gasteiger partial charge in [0, 0.05) is 17.7 Å². The van der Waals surface area contributed by atoms with Gasteiger partial charge in [-0.2, -0.15) is 5.10 Å². The fourth-order valence-electron chi connectivity index (χ4n) is 4.14. The summed E-state index contributed by atoms with van der Waals surface area (Å²) in [6, 6.07) is 24.8. The number of para-hydroxylation sites is 1. The molecule has 0 radical (unpaired) electrons. The molecule has 34 heavy (non-hydrogen) atoms. The zero-order valence-corrected chi connectivity index (χ0v) is 18.9. The molecule has 6 heteroatoms. The lowest BCUT2D eigenvalue weighted by Crippen LogP contribution is -2.32. The second-order valence-electron chi connectivity index (χ2n) is 8.25. The molecule has 0 bridgehead atoms. The molecule has 0 fully saturated rings. The number of benzene rings is 3. The second kappa shape index (κ2) is 8.90. The summed E-state index contributed by atoms with van der Waals surface area (Å²) in [6.07, 6.45) is 1.75. The quantitative estimate of drug-likeness (QED) is 0.487. The maximum Gasteiger partial charge on any atom is 0.358 e. The Bertz CT molecular complexity index is 1330. The van der Waals surface area contributed by atoms with Crippen molar-refractivity contribution in [3.05, 3.63) is 107 Å². The van der Waals surface area contributed by atoms with Crippen LogP contribution < -0.4 is 4.74 Å². The smallest absolute Gasteiger partial charge is 0.358 e. The van der Waals surface area contributed by atoms with Gasteiger partial charge in [-0.15, -0.1) is 0 Å². The zero-order valence-electron chi connectivity index (χ0n) is 18.9. The maximum atomic E-state index is 12.5. The fraction of sp³-hybridized carbons (Fsp3) is 0.143. The Morgan fingerprint density at radius 1 is 1.00 bits per heavy atom. The third-order valence-electron chi connectivity index (χ3n) is 6.01. The first-order chi connectivity index (χ1) is 16.5. The number of carboxylic acid groups (broad SMARTS) is 1. The first-order valence-electron chi connectivity index (χ1n) is 11.1. The van der Waals surface area contributed by atoms with Gasteiger partial charge in [-0.25, -0.2) is 9.80 Å². The van der Waals surface area contributed by atoms with E-state index in [1.165, 1.54) is 5.01 Å². The van der Waals surface area contributed by atoms with Gasteiger partial charge < -0.3 is 14.6 Å². The van der Waals surface area contributed by atoms with Crippen LogP contribution in [0.25, 0.3) is 11.5 Å². The van der Waals surface area contributed by atoms with E-state index in [1.807, 2.05) is 92.7 Å². The van der Waals surface area contributed by atoms with Gasteiger partial charge in [0.1, 0.15) is 18.1 Å². The minimum atomic E-state index is -1.11. The van der Waals surface area contributed by atoms with Gasteiger partial charge in [-0.05, 0) is 36.3 Å². The minimum absolute atomic E-state index is 0.0159. The van der Waals surface area contributed by atoms with Crippen LogP contribution in [0.3, 0.4) is 0 Å². The Labute approximate surface area is 198 Å². The topological polar surface area (TPSA) is 71.4 Å². The Balaban J connectivity index is 1.70. The molecule has 3 aromatic rings. The molecule has 1 atom stereocenters. The van der Waals surface area contributed by atoms with Crippen molar-refractivity contribution in [2.45, 2.75) is 20.5 Å². The highest BCUT2D eigenvalue weighted by molar-refractivity contribution is 6.02. The van der Waals surface area contributed by atoms with Gasteiger partial charge >= 0.3 is 5.97 Å². The van der Waals surface area contributed by atoms with Crippen molar-refractivity contribution >= 4 is 23.6 Å². The monoisotopic (exact) mass is 452 g/mol. The van der Waals surface area contributed by atoms with Gasteiger partial charge in [-0.1, -0.05) is 67.6 Å². The average Bonchev–Trinajstić information content (AvgIpc) is 2.85. The van der Waals surface area contributed by atoms with Crippen molar-refractivity contribution in [2.75, 3.05) is 0 Å². The number of hydrogen-bond acceptors (Lipinski definition) is 5. The average molecular weight is 453 g/mol. The van der Waals surface area contributed by atoms with Crippen molar-refractivity contribution in [3.63, 3.8) is 0 Å². The van der Waals surface area contributed by atoms with E-state index in [-0.39, 0.29) is 24.0 Å². The lowest BCUT2D eigenvalue weighted by Gasteiger charge is -2.36. The van der Waals surface area contributed by atoms with Gasteiger partial charge in [0.05, 0.1) is 11.3 Å². The van der Waals surface area contributed by atoms with Crippen LogP contribution in [0.1, 0.15) is 30.5 Å². The van der Waals surface area contributed by atoms with Crippen LogP contribution in [0.4, 0.5) is 0 Å². The number of aliphatic carboxylic acids is 1. The fourth-order valence-corrected chi connectivity index (χ4v) is 4.14. The highest BCUT2D eigenvalue weighted by Gasteiger charge is 2.39. The van der Waals surface area contributed by atoms with E-state index in [2.05, 4.69) is 5.10 Å². The SMILES string of the molecule is CC1=C2c3c(Oc4ccccc4)cccc3C(OCc3ccccc3)=C(C(=O)O)N2N=CC1C.